The topological polar surface area (TPSA) is 99.1 Å². The molecule has 1 aromatic rings. The Morgan fingerprint density at radius 1 is 1.23 bits per heavy atom. The van der Waals surface area contributed by atoms with Crippen LogP contribution in [0.5, 0.6) is 0 Å². The minimum Gasteiger partial charge on any atom is -0.336 e. The molecule has 2 atom stereocenters. The molecule has 170 valence electrons. The highest BCUT2D eigenvalue weighted by molar-refractivity contribution is 7.91. The molecular formula is C20H23F4N3O3S. The molecule has 0 aliphatic heterocycles. The van der Waals surface area contributed by atoms with Gasteiger partial charge in [0, 0.05) is 0 Å². The fraction of sp³-hybridized carbons (Fsp3) is 0.600. The molecule has 2 aliphatic carbocycles. The van der Waals surface area contributed by atoms with Crippen LogP contribution in [0.4, 0.5) is 17.6 Å². The van der Waals surface area contributed by atoms with Crippen molar-refractivity contribution in [2.45, 2.75) is 55.9 Å². The number of hydrogen-bond acceptors (Lipinski definition) is 5. The first-order valence-corrected chi connectivity index (χ1v) is 11.8. The van der Waals surface area contributed by atoms with Gasteiger partial charge in [0.05, 0.1) is 23.6 Å². The molecule has 0 spiro atoms. The normalized spacial score (nSPS) is 19.8. The van der Waals surface area contributed by atoms with Crippen LogP contribution in [0, 0.1) is 23.1 Å². The summed E-state index contributed by atoms with van der Waals surface area (Å²) in [5, 5.41) is 13.8. The quantitative estimate of drug-likeness (QED) is 0.522. The number of sulfone groups is 1. The van der Waals surface area contributed by atoms with Crippen molar-refractivity contribution in [3.8, 4) is 6.07 Å². The van der Waals surface area contributed by atoms with E-state index in [4.69, 9.17) is 0 Å². The van der Waals surface area contributed by atoms with Gasteiger partial charge in [-0.25, -0.2) is 12.8 Å². The van der Waals surface area contributed by atoms with Gasteiger partial charge < -0.3 is 5.32 Å². The van der Waals surface area contributed by atoms with Crippen molar-refractivity contribution in [3.05, 3.63) is 35.6 Å². The summed E-state index contributed by atoms with van der Waals surface area (Å²) in [5.74, 6) is -2.01. The molecule has 1 aromatic carbocycles. The molecule has 2 N–H and O–H groups in total. The molecule has 3 rings (SSSR count). The van der Waals surface area contributed by atoms with Gasteiger partial charge in [-0.05, 0) is 55.7 Å². The van der Waals surface area contributed by atoms with Gasteiger partial charge in [-0.1, -0.05) is 12.1 Å². The van der Waals surface area contributed by atoms with Crippen LogP contribution >= 0.6 is 0 Å². The third-order valence-electron chi connectivity index (χ3n) is 5.45. The number of halogens is 4. The first kappa shape index (κ1) is 23.5. The van der Waals surface area contributed by atoms with Gasteiger partial charge >= 0.3 is 6.18 Å². The van der Waals surface area contributed by atoms with Crippen LogP contribution in [0.25, 0.3) is 0 Å². The van der Waals surface area contributed by atoms with Crippen LogP contribution in [0.2, 0.25) is 0 Å². The van der Waals surface area contributed by atoms with Gasteiger partial charge in [0.15, 0.2) is 9.84 Å². The number of hydrogen-bond donors (Lipinski definition) is 2. The highest BCUT2D eigenvalue weighted by Gasteiger charge is 2.47. The van der Waals surface area contributed by atoms with Gasteiger partial charge in [-0.15, -0.1) is 0 Å². The van der Waals surface area contributed by atoms with E-state index < -0.39 is 51.1 Å². The lowest BCUT2D eigenvalue weighted by Crippen LogP contribution is -2.52. The summed E-state index contributed by atoms with van der Waals surface area (Å²) in [6, 6.07) is 1.77. The number of amides is 1. The van der Waals surface area contributed by atoms with Crippen molar-refractivity contribution in [1.82, 2.24) is 10.6 Å². The van der Waals surface area contributed by atoms with Crippen LogP contribution in [-0.2, 0) is 14.6 Å². The largest absolute Gasteiger partial charge is 0.407 e. The summed E-state index contributed by atoms with van der Waals surface area (Å²) in [7, 11) is -3.54. The number of rotatable bonds is 10. The predicted molar refractivity (Wildman–Crippen MR) is 104 cm³/mol. The number of nitrogens with one attached hydrogen (secondary N) is 2. The maximum atomic E-state index is 13.7. The Hall–Kier alpha value is -2.19. The standard InChI is InChI=1S/C20H23F4N3O3S/c21-15-5-3-14(4-6-15)17(20(22,23)24)26-16(18(28)27-19(12-25)8-9-19)7-10-31(29,30)11-13-1-2-13/h3-6,13,16-17,26H,1-2,7-11H2,(H,27,28)/t16-,17-/m0/s1. The number of benzene rings is 1. The van der Waals surface area contributed by atoms with Crippen molar-refractivity contribution < 1.29 is 30.8 Å². The lowest BCUT2D eigenvalue weighted by atomic mass is 10.0. The van der Waals surface area contributed by atoms with Crippen molar-refractivity contribution in [3.63, 3.8) is 0 Å². The highest BCUT2D eigenvalue weighted by atomic mass is 32.2. The average molecular weight is 461 g/mol. The van der Waals surface area contributed by atoms with E-state index in [0.29, 0.717) is 12.8 Å². The molecule has 0 bridgehead atoms. The third kappa shape index (κ3) is 6.64. The molecule has 2 saturated carbocycles. The van der Waals surface area contributed by atoms with Crippen LogP contribution in [0.3, 0.4) is 0 Å². The van der Waals surface area contributed by atoms with Crippen molar-refractivity contribution in [1.29, 1.82) is 5.26 Å². The van der Waals surface area contributed by atoms with Crippen LogP contribution in [0.15, 0.2) is 24.3 Å². The summed E-state index contributed by atoms with van der Waals surface area (Å²) >= 11 is 0. The summed E-state index contributed by atoms with van der Waals surface area (Å²) in [4.78, 5) is 12.7. The highest BCUT2D eigenvalue weighted by Crippen LogP contribution is 2.36. The Bertz CT molecular complexity index is 949. The first-order chi connectivity index (χ1) is 14.4. The van der Waals surface area contributed by atoms with Gasteiger partial charge in [0.1, 0.15) is 17.4 Å². The Kier molecular flexibility index (Phi) is 6.62. The fourth-order valence-corrected chi connectivity index (χ4v) is 5.08. The van der Waals surface area contributed by atoms with E-state index >= 15 is 0 Å². The van der Waals surface area contributed by atoms with Crippen molar-refractivity contribution >= 4 is 15.7 Å². The van der Waals surface area contributed by atoms with E-state index in [1.54, 1.807) is 0 Å². The molecular weight excluding hydrogens is 438 g/mol. The Morgan fingerprint density at radius 2 is 1.84 bits per heavy atom. The molecule has 6 nitrogen and oxygen atoms in total. The monoisotopic (exact) mass is 461 g/mol. The second kappa shape index (κ2) is 8.74. The second-order valence-electron chi connectivity index (χ2n) is 8.28. The van der Waals surface area contributed by atoms with E-state index in [9.17, 15) is 36.0 Å². The fourth-order valence-electron chi connectivity index (χ4n) is 3.26. The number of nitrogens with zero attached hydrogens (tertiary/aromatic N) is 1. The Balaban J connectivity index is 1.79. The maximum absolute atomic E-state index is 13.7. The molecule has 2 fully saturated rings. The van der Waals surface area contributed by atoms with Crippen LogP contribution in [-0.4, -0.2) is 43.6 Å². The number of carbonyl (C=O) groups excluding carboxylic acids is 1. The summed E-state index contributed by atoms with van der Waals surface area (Å²) in [5.41, 5.74) is -1.43. The zero-order valence-electron chi connectivity index (χ0n) is 16.6. The molecule has 2 aliphatic rings. The van der Waals surface area contributed by atoms with Gasteiger partial charge in [-0.2, -0.15) is 18.4 Å². The van der Waals surface area contributed by atoms with Gasteiger partial charge in [0.25, 0.3) is 0 Å². The smallest absolute Gasteiger partial charge is 0.336 e. The minimum absolute atomic E-state index is 0.0515. The third-order valence-corrected chi connectivity index (χ3v) is 7.28. The number of nitriles is 1. The van der Waals surface area contributed by atoms with E-state index in [1.165, 1.54) is 0 Å². The Morgan fingerprint density at radius 3 is 2.32 bits per heavy atom. The molecule has 31 heavy (non-hydrogen) atoms. The van der Waals surface area contributed by atoms with E-state index in [-0.39, 0.29) is 23.7 Å². The summed E-state index contributed by atoms with van der Waals surface area (Å²) < 4.78 is 78.9. The Labute approximate surface area is 177 Å². The van der Waals surface area contributed by atoms with Crippen molar-refractivity contribution in [2.24, 2.45) is 5.92 Å². The van der Waals surface area contributed by atoms with Crippen LogP contribution < -0.4 is 10.6 Å². The molecule has 0 saturated heterocycles. The average Bonchev–Trinajstić information content (AvgIpc) is 3.60. The predicted octanol–water partition coefficient (Wildman–Crippen LogP) is 2.77. The van der Waals surface area contributed by atoms with E-state index in [1.807, 2.05) is 6.07 Å². The van der Waals surface area contributed by atoms with Gasteiger partial charge in [-0.3, -0.25) is 10.1 Å². The molecule has 0 aromatic heterocycles. The molecule has 11 heteroatoms. The van der Waals surface area contributed by atoms with E-state index in [0.717, 1.165) is 37.1 Å². The lowest BCUT2D eigenvalue weighted by Gasteiger charge is -2.28. The molecule has 0 radical (unpaired) electrons. The zero-order valence-corrected chi connectivity index (χ0v) is 17.4. The number of alkyl halides is 3. The lowest BCUT2D eigenvalue weighted by molar-refractivity contribution is -0.161. The zero-order chi connectivity index (χ0) is 22.9. The molecule has 1 amide bonds. The second-order valence-corrected chi connectivity index (χ2v) is 10.5. The van der Waals surface area contributed by atoms with E-state index in [2.05, 4.69) is 10.6 Å². The minimum atomic E-state index is -4.82. The van der Waals surface area contributed by atoms with Gasteiger partial charge in [0.2, 0.25) is 5.91 Å². The summed E-state index contributed by atoms with van der Waals surface area (Å²) in [6.45, 7) is 0. The van der Waals surface area contributed by atoms with Crippen molar-refractivity contribution in [2.75, 3.05) is 11.5 Å². The summed E-state index contributed by atoms with van der Waals surface area (Å²) in [6.07, 6.45) is -2.85. The van der Waals surface area contributed by atoms with Crippen LogP contribution in [0.1, 0.15) is 43.7 Å². The number of carbonyl (C=O) groups is 1. The molecule has 0 heterocycles. The first-order valence-electron chi connectivity index (χ1n) is 9.95. The SMILES string of the molecule is N#CC1(NC(=O)[C@H](CCS(=O)(=O)CC2CC2)N[C@@H](c2ccc(F)cc2)C(F)(F)F)CC1. The molecule has 0 unspecified atom stereocenters. The maximum Gasteiger partial charge on any atom is 0.407 e.